The number of aromatic nitrogens is 1. The van der Waals surface area contributed by atoms with Gasteiger partial charge in [-0.05, 0) is 24.6 Å². The number of hydrogen-bond donors (Lipinski definition) is 0. The zero-order chi connectivity index (χ0) is 11.1. The van der Waals surface area contributed by atoms with Gasteiger partial charge in [-0.2, -0.15) is 0 Å². The number of ether oxygens (including phenoxy) is 1. The van der Waals surface area contributed by atoms with E-state index < -0.39 is 0 Å². The summed E-state index contributed by atoms with van der Waals surface area (Å²) in [6.45, 7) is 4.36. The molecule has 1 heterocycles. The molecule has 1 rings (SSSR count). The minimum absolute atomic E-state index is 0.597. The van der Waals surface area contributed by atoms with Crippen molar-refractivity contribution in [3.63, 3.8) is 0 Å². The molecule has 0 bridgehead atoms. The Morgan fingerprint density at radius 2 is 2.27 bits per heavy atom. The fraction of sp³-hybridized carbons (Fsp3) is 0.545. The number of rotatable bonds is 6. The lowest BCUT2D eigenvalue weighted by Crippen LogP contribution is -2.29. The Morgan fingerprint density at radius 1 is 1.47 bits per heavy atom. The van der Waals surface area contributed by atoms with Crippen LogP contribution in [0.2, 0.25) is 0 Å². The third kappa shape index (κ3) is 4.06. The number of halogens is 1. The second-order valence-electron chi connectivity index (χ2n) is 3.36. The smallest absolute Gasteiger partial charge is 0.128 e. The lowest BCUT2D eigenvalue weighted by molar-refractivity contribution is 0.205. The summed E-state index contributed by atoms with van der Waals surface area (Å²) in [5, 5.41) is 0. The van der Waals surface area contributed by atoms with Gasteiger partial charge in [0.05, 0.1) is 6.61 Å². The van der Waals surface area contributed by atoms with Crippen molar-refractivity contribution in [3.8, 4) is 0 Å². The average molecular weight is 229 g/mol. The maximum absolute atomic E-state index is 5.75. The van der Waals surface area contributed by atoms with E-state index in [0.29, 0.717) is 12.5 Å². The SMILES string of the molecule is COCCN(CCCl)c1cc(C)ccn1. The van der Waals surface area contributed by atoms with E-state index in [1.807, 2.05) is 12.3 Å². The van der Waals surface area contributed by atoms with Crippen LogP contribution >= 0.6 is 11.6 Å². The topological polar surface area (TPSA) is 25.4 Å². The van der Waals surface area contributed by atoms with Crippen LogP contribution in [0.5, 0.6) is 0 Å². The fourth-order valence-electron chi connectivity index (χ4n) is 1.34. The van der Waals surface area contributed by atoms with E-state index in [1.54, 1.807) is 7.11 Å². The van der Waals surface area contributed by atoms with Crippen LogP contribution in [0.25, 0.3) is 0 Å². The van der Waals surface area contributed by atoms with Crippen LogP contribution in [-0.4, -0.2) is 37.7 Å². The highest BCUT2D eigenvalue weighted by Crippen LogP contribution is 2.11. The highest BCUT2D eigenvalue weighted by molar-refractivity contribution is 6.18. The van der Waals surface area contributed by atoms with E-state index >= 15 is 0 Å². The van der Waals surface area contributed by atoms with Crippen LogP contribution in [0.15, 0.2) is 18.3 Å². The molecule has 1 aromatic rings. The number of methoxy groups -OCH3 is 1. The normalized spacial score (nSPS) is 10.3. The summed E-state index contributed by atoms with van der Waals surface area (Å²) in [4.78, 5) is 6.45. The lowest BCUT2D eigenvalue weighted by Gasteiger charge is -2.22. The number of aryl methyl sites for hydroxylation is 1. The fourth-order valence-corrected chi connectivity index (χ4v) is 1.54. The van der Waals surface area contributed by atoms with Gasteiger partial charge in [0.2, 0.25) is 0 Å². The highest BCUT2D eigenvalue weighted by Gasteiger charge is 2.06. The van der Waals surface area contributed by atoms with E-state index in [0.717, 1.165) is 18.9 Å². The van der Waals surface area contributed by atoms with Gasteiger partial charge < -0.3 is 9.64 Å². The van der Waals surface area contributed by atoms with Crippen molar-refractivity contribution in [1.29, 1.82) is 0 Å². The Balaban J connectivity index is 2.69. The van der Waals surface area contributed by atoms with Gasteiger partial charge >= 0.3 is 0 Å². The van der Waals surface area contributed by atoms with Crippen molar-refractivity contribution < 1.29 is 4.74 Å². The molecule has 0 radical (unpaired) electrons. The van der Waals surface area contributed by atoms with Crippen molar-refractivity contribution in [2.24, 2.45) is 0 Å². The molecule has 0 unspecified atom stereocenters. The first-order chi connectivity index (χ1) is 7.27. The summed E-state index contributed by atoms with van der Waals surface area (Å²) in [5.41, 5.74) is 1.21. The van der Waals surface area contributed by atoms with Crippen molar-refractivity contribution in [2.75, 3.05) is 37.6 Å². The summed E-state index contributed by atoms with van der Waals surface area (Å²) in [5.74, 6) is 1.56. The minimum atomic E-state index is 0.597. The first-order valence-electron chi connectivity index (χ1n) is 5.00. The molecule has 0 aliphatic carbocycles. The second-order valence-corrected chi connectivity index (χ2v) is 3.74. The molecule has 0 saturated carbocycles. The molecule has 0 N–H and O–H groups in total. The van der Waals surface area contributed by atoms with E-state index in [9.17, 15) is 0 Å². The second kappa shape index (κ2) is 6.64. The summed E-state index contributed by atoms with van der Waals surface area (Å²) < 4.78 is 5.06. The number of nitrogens with zero attached hydrogens (tertiary/aromatic N) is 2. The predicted octanol–water partition coefficient (Wildman–Crippen LogP) is 2.08. The molecule has 15 heavy (non-hydrogen) atoms. The zero-order valence-corrected chi connectivity index (χ0v) is 10.00. The Bertz CT molecular complexity index is 294. The lowest BCUT2D eigenvalue weighted by atomic mass is 10.3. The summed E-state index contributed by atoms with van der Waals surface area (Å²) >= 11 is 5.75. The monoisotopic (exact) mass is 228 g/mol. The van der Waals surface area contributed by atoms with Crippen LogP contribution in [0.3, 0.4) is 0 Å². The largest absolute Gasteiger partial charge is 0.383 e. The van der Waals surface area contributed by atoms with Crippen molar-refractivity contribution in [1.82, 2.24) is 4.98 Å². The Morgan fingerprint density at radius 3 is 2.87 bits per heavy atom. The molecule has 0 spiro atoms. The van der Waals surface area contributed by atoms with Gasteiger partial charge in [0.15, 0.2) is 0 Å². The van der Waals surface area contributed by atoms with E-state index in [-0.39, 0.29) is 0 Å². The van der Waals surface area contributed by atoms with Crippen LogP contribution < -0.4 is 4.90 Å². The standard InChI is InChI=1S/C11H17ClN2O/c1-10-3-5-13-11(9-10)14(6-4-12)7-8-15-2/h3,5,9H,4,6-8H2,1-2H3. The van der Waals surface area contributed by atoms with Gasteiger partial charge in [-0.25, -0.2) is 4.98 Å². The molecule has 0 saturated heterocycles. The summed E-state index contributed by atoms with van der Waals surface area (Å²) in [6.07, 6.45) is 1.82. The van der Waals surface area contributed by atoms with Gasteiger partial charge in [0.1, 0.15) is 5.82 Å². The van der Waals surface area contributed by atoms with Crippen LogP contribution in [0, 0.1) is 6.92 Å². The average Bonchev–Trinajstić information content (AvgIpc) is 2.24. The van der Waals surface area contributed by atoms with Crippen LogP contribution in [0.1, 0.15) is 5.56 Å². The first-order valence-corrected chi connectivity index (χ1v) is 5.54. The van der Waals surface area contributed by atoms with Crippen LogP contribution in [-0.2, 0) is 4.74 Å². The molecular formula is C11H17ClN2O. The van der Waals surface area contributed by atoms with Gasteiger partial charge in [-0.15, -0.1) is 11.6 Å². The number of alkyl halides is 1. The molecule has 84 valence electrons. The Hall–Kier alpha value is -0.800. The van der Waals surface area contributed by atoms with Crippen molar-refractivity contribution in [2.45, 2.75) is 6.92 Å². The number of pyridine rings is 1. The molecule has 0 atom stereocenters. The van der Waals surface area contributed by atoms with E-state index in [4.69, 9.17) is 16.3 Å². The Kier molecular flexibility index (Phi) is 5.43. The highest BCUT2D eigenvalue weighted by atomic mass is 35.5. The molecule has 3 nitrogen and oxygen atoms in total. The molecule has 4 heteroatoms. The summed E-state index contributed by atoms with van der Waals surface area (Å²) in [6, 6.07) is 4.04. The van der Waals surface area contributed by atoms with Crippen LogP contribution in [0.4, 0.5) is 5.82 Å². The number of hydrogen-bond acceptors (Lipinski definition) is 3. The predicted molar refractivity (Wildman–Crippen MR) is 63.8 cm³/mol. The molecule has 0 aliphatic heterocycles. The van der Waals surface area contributed by atoms with E-state index in [2.05, 4.69) is 22.9 Å². The maximum atomic E-state index is 5.75. The molecule has 0 aliphatic rings. The molecule has 0 aromatic carbocycles. The van der Waals surface area contributed by atoms with Gasteiger partial charge in [-0.3, -0.25) is 0 Å². The summed E-state index contributed by atoms with van der Waals surface area (Å²) in [7, 11) is 1.70. The maximum Gasteiger partial charge on any atom is 0.128 e. The molecular weight excluding hydrogens is 212 g/mol. The van der Waals surface area contributed by atoms with Gasteiger partial charge in [0.25, 0.3) is 0 Å². The van der Waals surface area contributed by atoms with Gasteiger partial charge in [0, 0.05) is 32.3 Å². The Labute approximate surface area is 96.0 Å². The van der Waals surface area contributed by atoms with Crippen molar-refractivity contribution in [3.05, 3.63) is 23.9 Å². The third-order valence-electron chi connectivity index (χ3n) is 2.14. The quantitative estimate of drug-likeness (QED) is 0.698. The first kappa shape index (κ1) is 12.3. The molecule has 1 aromatic heterocycles. The van der Waals surface area contributed by atoms with Gasteiger partial charge in [-0.1, -0.05) is 0 Å². The number of anilines is 1. The third-order valence-corrected chi connectivity index (χ3v) is 2.31. The minimum Gasteiger partial charge on any atom is -0.383 e. The molecule has 0 fully saturated rings. The zero-order valence-electron chi connectivity index (χ0n) is 9.24. The molecule has 0 amide bonds. The van der Waals surface area contributed by atoms with Crippen molar-refractivity contribution >= 4 is 17.4 Å². The van der Waals surface area contributed by atoms with E-state index in [1.165, 1.54) is 5.56 Å².